The predicted molar refractivity (Wildman–Crippen MR) is 99.3 cm³/mol. The van der Waals surface area contributed by atoms with Gasteiger partial charge in [0, 0.05) is 23.9 Å². The van der Waals surface area contributed by atoms with Crippen LogP contribution in [0.1, 0.15) is 10.7 Å². The van der Waals surface area contributed by atoms with Gasteiger partial charge in [0.2, 0.25) is 0 Å². The summed E-state index contributed by atoms with van der Waals surface area (Å²) in [5, 5.41) is 6.46. The van der Waals surface area contributed by atoms with Gasteiger partial charge in [0.15, 0.2) is 5.96 Å². The lowest BCUT2D eigenvalue weighted by atomic mass is 10.3. The highest BCUT2D eigenvalue weighted by molar-refractivity contribution is 9.10. The van der Waals surface area contributed by atoms with Crippen LogP contribution in [0.4, 0.5) is 0 Å². The number of rotatable bonds is 6. The monoisotopic (exact) mass is 396 g/mol. The van der Waals surface area contributed by atoms with Crippen LogP contribution in [-0.4, -0.2) is 43.1 Å². The number of aliphatic imine (C=N–C) groups is 1. The summed E-state index contributed by atoms with van der Waals surface area (Å²) >= 11 is 5.07. The SMILES string of the molecule is CN=C(NCCOc1ccc(Br)cc1)N(C)Cc1csc(C)n1. The van der Waals surface area contributed by atoms with Crippen molar-refractivity contribution in [3.8, 4) is 5.75 Å². The number of hydrogen-bond donors (Lipinski definition) is 1. The number of thiazole rings is 1. The van der Waals surface area contributed by atoms with Crippen molar-refractivity contribution in [2.24, 2.45) is 4.99 Å². The number of benzene rings is 1. The van der Waals surface area contributed by atoms with E-state index in [1.165, 1.54) is 0 Å². The molecule has 0 spiro atoms. The van der Waals surface area contributed by atoms with Gasteiger partial charge in [-0.05, 0) is 31.2 Å². The summed E-state index contributed by atoms with van der Waals surface area (Å²) in [6.07, 6.45) is 0. The maximum Gasteiger partial charge on any atom is 0.193 e. The van der Waals surface area contributed by atoms with Gasteiger partial charge in [0.1, 0.15) is 12.4 Å². The fourth-order valence-corrected chi connectivity index (χ4v) is 2.91. The first-order chi connectivity index (χ1) is 11.1. The number of aryl methyl sites for hydroxylation is 1. The fourth-order valence-electron chi connectivity index (χ4n) is 2.05. The molecule has 0 aliphatic rings. The number of guanidine groups is 1. The van der Waals surface area contributed by atoms with Crippen LogP contribution in [0.15, 0.2) is 39.1 Å². The summed E-state index contributed by atoms with van der Waals surface area (Å²) < 4.78 is 6.73. The van der Waals surface area contributed by atoms with Crippen molar-refractivity contribution in [3.05, 3.63) is 44.8 Å². The first-order valence-corrected chi connectivity index (χ1v) is 8.97. The fraction of sp³-hybridized carbons (Fsp3) is 0.375. The van der Waals surface area contributed by atoms with Crippen molar-refractivity contribution >= 4 is 33.2 Å². The summed E-state index contributed by atoms with van der Waals surface area (Å²) in [5.74, 6) is 1.69. The van der Waals surface area contributed by atoms with E-state index in [-0.39, 0.29) is 0 Å². The van der Waals surface area contributed by atoms with Gasteiger partial charge in [-0.15, -0.1) is 11.3 Å². The van der Waals surface area contributed by atoms with Crippen molar-refractivity contribution < 1.29 is 4.74 Å². The molecule has 0 radical (unpaired) electrons. The standard InChI is InChI=1S/C16H21BrN4OS/c1-12-20-14(11-23-12)10-21(3)16(18-2)19-8-9-22-15-6-4-13(17)5-7-15/h4-7,11H,8-10H2,1-3H3,(H,18,19). The number of nitrogens with one attached hydrogen (secondary N) is 1. The maximum atomic E-state index is 5.69. The highest BCUT2D eigenvalue weighted by atomic mass is 79.9. The molecule has 0 aliphatic heterocycles. The van der Waals surface area contributed by atoms with Crippen LogP contribution < -0.4 is 10.1 Å². The van der Waals surface area contributed by atoms with Crippen molar-refractivity contribution in [2.45, 2.75) is 13.5 Å². The van der Waals surface area contributed by atoms with Gasteiger partial charge >= 0.3 is 0 Å². The quantitative estimate of drug-likeness (QED) is 0.462. The minimum atomic E-state index is 0.574. The molecule has 5 nitrogen and oxygen atoms in total. The lowest BCUT2D eigenvalue weighted by Crippen LogP contribution is -2.40. The van der Waals surface area contributed by atoms with Gasteiger partial charge in [0.05, 0.1) is 23.8 Å². The lowest BCUT2D eigenvalue weighted by molar-refractivity contribution is 0.319. The Labute approximate surface area is 149 Å². The van der Waals surface area contributed by atoms with E-state index in [4.69, 9.17) is 4.74 Å². The van der Waals surface area contributed by atoms with E-state index in [0.717, 1.165) is 33.4 Å². The van der Waals surface area contributed by atoms with E-state index in [0.29, 0.717) is 13.2 Å². The molecule has 0 atom stereocenters. The number of hydrogen-bond acceptors (Lipinski definition) is 4. The lowest BCUT2D eigenvalue weighted by Gasteiger charge is -2.21. The van der Waals surface area contributed by atoms with Crippen molar-refractivity contribution in [3.63, 3.8) is 0 Å². The zero-order chi connectivity index (χ0) is 16.7. The summed E-state index contributed by atoms with van der Waals surface area (Å²) in [7, 11) is 3.78. The van der Waals surface area contributed by atoms with Crippen molar-refractivity contribution in [1.29, 1.82) is 0 Å². The van der Waals surface area contributed by atoms with E-state index >= 15 is 0 Å². The number of aromatic nitrogens is 1. The van der Waals surface area contributed by atoms with Crippen LogP contribution in [-0.2, 0) is 6.54 Å². The maximum absolute atomic E-state index is 5.69. The highest BCUT2D eigenvalue weighted by Gasteiger charge is 2.08. The Hall–Kier alpha value is -1.60. The van der Waals surface area contributed by atoms with E-state index in [1.54, 1.807) is 18.4 Å². The molecule has 0 fully saturated rings. The Morgan fingerprint density at radius 2 is 2.13 bits per heavy atom. The number of nitrogens with zero attached hydrogens (tertiary/aromatic N) is 3. The van der Waals surface area contributed by atoms with Crippen LogP contribution in [0.3, 0.4) is 0 Å². The molecule has 2 rings (SSSR count). The highest BCUT2D eigenvalue weighted by Crippen LogP contribution is 2.15. The topological polar surface area (TPSA) is 49.8 Å². The van der Waals surface area contributed by atoms with Crippen LogP contribution in [0.2, 0.25) is 0 Å². The second-order valence-corrected chi connectivity index (χ2v) is 6.97. The molecule has 0 saturated heterocycles. The van der Waals surface area contributed by atoms with Gasteiger partial charge in [0.25, 0.3) is 0 Å². The number of ether oxygens (including phenoxy) is 1. The third-order valence-electron chi connectivity index (χ3n) is 3.11. The van der Waals surface area contributed by atoms with Gasteiger partial charge in [-0.1, -0.05) is 15.9 Å². The second-order valence-electron chi connectivity index (χ2n) is 4.99. The smallest absolute Gasteiger partial charge is 0.193 e. The molecular formula is C16H21BrN4OS. The number of halogens is 1. The molecule has 7 heteroatoms. The van der Waals surface area contributed by atoms with E-state index in [1.807, 2.05) is 43.1 Å². The Morgan fingerprint density at radius 1 is 1.39 bits per heavy atom. The van der Waals surface area contributed by atoms with E-state index < -0.39 is 0 Å². The Morgan fingerprint density at radius 3 is 2.74 bits per heavy atom. The molecule has 0 bridgehead atoms. The van der Waals surface area contributed by atoms with E-state index in [2.05, 4.69) is 36.6 Å². The average molecular weight is 397 g/mol. The molecule has 0 aliphatic carbocycles. The predicted octanol–water partition coefficient (Wildman–Crippen LogP) is 3.30. The summed E-state index contributed by atoms with van der Waals surface area (Å²) in [6.45, 7) is 4.01. The molecule has 1 aromatic heterocycles. The summed E-state index contributed by atoms with van der Waals surface area (Å²) in [4.78, 5) is 10.8. The van der Waals surface area contributed by atoms with Gasteiger partial charge in [-0.3, -0.25) is 4.99 Å². The summed E-state index contributed by atoms with van der Waals surface area (Å²) in [6, 6.07) is 7.81. The minimum Gasteiger partial charge on any atom is -0.492 e. The molecule has 1 aromatic carbocycles. The molecule has 0 amide bonds. The van der Waals surface area contributed by atoms with Gasteiger partial charge in [-0.25, -0.2) is 4.98 Å². The molecule has 1 N–H and O–H groups in total. The Kier molecular flexibility index (Phi) is 6.85. The average Bonchev–Trinajstić information content (AvgIpc) is 2.94. The van der Waals surface area contributed by atoms with Crippen molar-refractivity contribution in [2.75, 3.05) is 27.2 Å². The third kappa shape index (κ3) is 5.84. The van der Waals surface area contributed by atoms with Crippen LogP contribution >= 0.6 is 27.3 Å². The van der Waals surface area contributed by atoms with Crippen LogP contribution in [0.25, 0.3) is 0 Å². The first kappa shape index (κ1) is 17.7. The molecular weight excluding hydrogens is 376 g/mol. The molecule has 0 saturated carbocycles. The largest absolute Gasteiger partial charge is 0.492 e. The van der Waals surface area contributed by atoms with Gasteiger partial charge in [-0.2, -0.15) is 0 Å². The van der Waals surface area contributed by atoms with E-state index in [9.17, 15) is 0 Å². The molecule has 1 heterocycles. The first-order valence-electron chi connectivity index (χ1n) is 7.29. The Bertz CT molecular complexity index is 642. The summed E-state index contributed by atoms with van der Waals surface area (Å²) in [5.41, 5.74) is 1.06. The van der Waals surface area contributed by atoms with Crippen LogP contribution in [0.5, 0.6) is 5.75 Å². The van der Waals surface area contributed by atoms with Crippen LogP contribution in [0, 0.1) is 6.92 Å². The molecule has 124 valence electrons. The third-order valence-corrected chi connectivity index (χ3v) is 4.46. The Balaban J connectivity index is 1.75. The zero-order valence-electron chi connectivity index (χ0n) is 13.5. The van der Waals surface area contributed by atoms with Gasteiger partial charge < -0.3 is 15.0 Å². The molecule has 0 unspecified atom stereocenters. The molecule has 2 aromatic rings. The zero-order valence-corrected chi connectivity index (χ0v) is 15.9. The minimum absolute atomic E-state index is 0.574. The van der Waals surface area contributed by atoms with Crippen molar-refractivity contribution in [1.82, 2.24) is 15.2 Å². The molecule has 23 heavy (non-hydrogen) atoms. The second kappa shape index (κ2) is 8.88. The normalized spacial score (nSPS) is 11.4.